The van der Waals surface area contributed by atoms with E-state index in [-0.39, 0.29) is 11.8 Å². The molecule has 7 heteroatoms. The fraction of sp³-hybridized carbons (Fsp3) is 0.263. The second-order valence-corrected chi connectivity index (χ2v) is 5.35. The summed E-state index contributed by atoms with van der Waals surface area (Å²) in [6, 6.07) is 11.6. The Balaban J connectivity index is 2.10. The number of methoxy groups -OCH3 is 3. The summed E-state index contributed by atoms with van der Waals surface area (Å²) in [5.74, 6) is 0.489. The molecular weight excluding hydrogens is 336 g/mol. The lowest BCUT2D eigenvalue weighted by Gasteiger charge is -2.11. The van der Waals surface area contributed by atoms with Crippen LogP contribution < -0.4 is 20.1 Å². The van der Waals surface area contributed by atoms with Gasteiger partial charge in [0.15, 0.2) is 11.5 Å². The highest BCUT2D eigenvalue weighted by atomic mass is 16.5. The van der Waals surface area contributed by atoms with E-state index >= 15 is 0 Å². The van der Waals surface area contributed by atoms with Gasteiger partial charge in [0, 0.05) is 36.5 Å². The highest BCUT2D eigenvalue weighted by Gasteiger charge is 2.12. The number of carbonyl (C=O) groups is 2. The van der Waals surface area contributed by atoms with Crippen LogP contribution in [0.2, 0.25) is 0 Å². The number of hydrogen-bond donors (Lipinski definition) is 2. The molecular formula is C19H22N2O5. The van der Waals surface area contributed by atoms with Gasteiger partial charge < -0.3 is 24.8 Å². The zero-order valence-corrected chi connectivity index (χ0v) is 15.0. The van der Waals surface area contributed by atoms with E-state index in [4.69, 9.17) is 14.2 Å². The van der Waals surface area contributed by atoms with Crippen LogP contribution in [-0.4, -0.2) is 46.3 Å². The molecule has 0 saturated carbocycles. The average Bonchev–Trinajstić information content (AvgIpc) is 2.68. The molecule has 0 radical (unpaired) electrons. The predicted octanol–water partition coefficient (Wildman–Crippen LogP) is 2.33. The third-order valence-corrected chi connectivity index (χ3v) is 3.62. The molecule has 0 heterocycles. The molecule has 0 atom stereocenters. The second kappa shape index (κ2) is 9.43. The summed E-state index contributed by atoms with van der Waals surface area (Å²) < 4.78 is 15.3. The first-order valence-corrected chi connectivity index (χ1v) is 7.99. The van der Waals surface area contributed by atoms with E-state index in [1.54, 1.807) is 50.6 Å². The molecule has 2 aromatic rings. The normalized spacial score (nSPS) is 10.1. The number of amides is 2. The van der Waals surface area contributed by atoms with E-state index in [1.165, 1.54) is 13.2 Å². The van der Waals surface area contributed by atoms with E-state index in [2.05, 4.69) is 10.6 Å². The summed E-state index contributed by atoms with van der Waals surface area (Å²) in [5.41, 5.74) is 1.34. The minimum atomic E-state index is -0.330. The summed E-state index contributed by atoms with van der Waals surface area (Å²) >= 11 is 0. The lowest BCUT2D eigenvalue weighted by molar-refractivity contribution is 0.0937. The Hall–Kier alpha value is -3.06. The van der Waals surface area contributed by atoms with Crippen molar-refractivity contribution >= 4 is 17.5 Å². The molecule has 2 aromatic carbocycles. The standard InChI is InChI=1S/C19H22N2O5/c1-24-10-9-20-18(22)13-5-4-6-14(11-13)19(23)21-15-7-8-16(25-2)17(12-15)26-3/h4-8,11-12H,9-10H2,1-3H3,(H,20,22)(H,21,23). The van der Waals surface area contributed by atoms with Crippen molar-refractivity contribution in [3.8, 4) is 11.5 Å². The molecule has 138 valence electrons. The summed E-state index contributed by atoms with van der Waals surface area (Å²) in [5, 5.41) is 5.49. The van der Waals surface area contributed by atoms with Crippen LogP contribution in [0.25, 0.3) is 0 Å². The molecule has 0 spiro atoms. The molecule has 0 fully saturated rings. The lowest BCUT2D eigenvalue weighted by atomic mass is 10.1. The monoisotopic (exact) mass is 358 g/mol. The van der Waals surface area contributed by atoms with E-state index in [0.717, 1.165) is 0 Å². The van der Waals surface area contributed by atoms with Crippen molar-refractivity contribution in [1.29, 1.82) is 0 Å². The first-order chi connectivity index (χ1) is 12.6. The molecule has 0 unspecified atom stereocenters. The van der Waals surface area contributed by atoms with Crippen LogP contribution in [0.3, 0.4) is 0 Å². The zero-order valence-electron chi connectivity index (χ0n) is 15.0. The van der Waals surface area contributed by atoms with Gasteiger partial charge in [-0.2, -0.15) is 0 Å². The molecule has 0 saturated heterocycles. The largest absolute Gasteiger partial charge is 0.493 e. The quantitative estimate of drug-likeness (QED) is 0.708. The summed E-state index contributed by atoms with van der Waals surface area (Å²) in [6.07, 6.45) is 0. The first kappa shape index (κ1) is 19.3. The van der Waals surface area contributed by atoms with E-state index in [9.17, 15) is 9.59 Å². The van der Waals surface area contributed by atoms with Crippen LogP contribution in [0.1, 0.15) is 20.7 Å². The van der Waals surface area contributed by atoms with Gasteiger partial charge in [0.25, 0.3) is 11.8 Å². The Bertz CT molecular complexity index is 776. The van der Waals surface area contributed by atoms with Crippen LogP contribution in [0, 0.1) is 0 Å². The average molecular weight is 358 g/mol. The molecule has 0 bridgehead atoms. The van der Waals surface area contributed by atoms with E-state index in [1.807, 2.05) is 0 Å². The maximum absolute atomic E-state index is 12.5. The zero-order chi connectivity index (χ0) is 18.9. The van der Waals surface area contributed by atoms with Crippen molar-refractivity contribution in [2.24, 2.45) is 0 Å². The third-order valence-electron chi connectivity index (χ3n) is 3.62. The Labute approximate surface area is 152 Å². The van der Waals surface area contributed by atoms with Gasteiger partial charge in [-0.05, 0) is 30.3 Å². The van der Waals surface area contributed by atoms with Gasteiger partial charge in [0.2, 0.25) is 0 Å². The van der Waals surface area contributed by atoms with Crippen LogP contribution in [0.5, 0.6) is 11.5 Å². The molecule has 0 aliphatic rings. The molecule has 2 rings (SSSR count). The Morgan fingerprint density at radius 3 is 2.23 bits per heavy atom. The van der Waals surface area contributed by atoms with Gasteiger partial charge in [0.05, 0.1) is 20.8 Å². The number of hydrogen-bond acceptors (Lipinski definition) is 5. The summed E-state index contributed by atoms with van der Waals surface area (Å²) in [6.45, 7) is 0.822. The molecule has 7 nitrogen and oxygen atoms in total. The number of nitrogens with one attached hydrogen (secondary N) is 2. The Kier molecular flexibility index (Phi) is 6.99. The SMILES string of the molecule is COCCNC(=O)c1cccc(C(=O)Nc2ccc(OC)c(OC)c2)c1. The van der Waals surface area contributed by atoms with Crippen LogP contribution >= 0.6 is 0 Å². The van der Waals surface area contributed by atoms with Gasteiger partial charge in [-0.1, -0.05) is 6.07 Å². The number of carbonyl (C=O) groups excluding carboxylic acids is 2. The van der Waals surface area contributed by atoms with Crippen LogP contribution in [0.15, 0.2) is 42.5 Å². The van der Waals surface area contributed by atoms with Gasteiger partial charge in [-0.15, -0.1) is 0 Å². The minimum absolute atomic E-state index is 0.261. The van der Waals surface area contributed by atoms with Gasteiger partial charge >= 0.3 is 0 Å². The minimum Gasteiger partial charge on any atom is -0.493 e. The second-order valence-electron chi connectivity index (χ2n) is 5.35. The van der Waals surface area contributed by atoms with Gasteiger partial charge in [-0.3, -0.25) is 9.59 Å². The van der Waals surface area contributed by atoms with Crippen LogP contribution in [0.4, 0.5) is 5.69 Å². The smallest absolute Gasteiger partial charge is 0.255 e. The Morgan fingerprint density at radius 1 is 0.885 bits per heavy atom. The highest BCUT2D eigenvalue weighted by Crippen LogP contribution is 2.29. The van der Waals surface area contributed by atoms with Crippen molar-refractivity contribution in [1.82, 2.24) is 5.32 Å². The number of rotatable bonds is 8. The maximum Gasteiger partial charge on any atom is 0.255 e. The molecule has 2 N–H and O–H groups in total. The van der Waals surface area contributed by atoms with E-state index < -0.39 is 0 Å². The molecule has 2 amide bonds. The molecule has 0 aliphatic heterocycles. The Morgan fingerprint density at radius 2 is 1.58 bits per heavy atom. The van der Waals surface area contributed by atoms with Crippen molar-refractivity contribution in [2.45, 2.75) is 0 Å². The molecule has 0 aliphatic carbocycles. The van der Waals surface area contributed by atoms with Crippen LogP contribution in [-0.2, 0) is 4.74 Å². The first-order valence-electron chi connectivity index (χ1n) is 7.99. The van der Waals surface area contributed by atoms with Crippen molar-refractivity contribution in [3.05, 3.63) is 53.6 Å². The highest BCUT2D eigenvalue weighted by molar-refractivity contribution is 6.06. The van der Waals surface area contributed by atoms with E-state index in [0.29, 0.717) is 41.5 Å². The van der Waals surface area contributed by atoms with Gasteiger partial charge in [0.1, 0.15) is 0 Å². The number of anilines is 1. The topological polar surface area (TPSA) is 85.9 Å². The van der Waals surface area contributed by atoms with Crippen molar-refractivity contribution in [3.63, 3.8) is 0 Å². The summed E-state index contributed by atoms with van der Waals surface area (Å²) in [4.78, 5) is 24.5. The maximum atomic E-state index is 12.5. The fourth-order valence-corrected chi connectivity index (χ4v) is 2.29. The number of ether oxygens (including phenoxy) is 3. The molecule has 0 aromatic heterocycles. The predicted molar refractivity (Wildman–Crippen MR) is 98.2 cm³/mol. The van der Waals surface area contributed by atoms with Crippen molar-refractivity contribution in [2.75, 3.05) is 39.8 Å². The van der Waals surface area contributed by atoms with Gasteiger partial charge in [-0.25, -0.2) is 0 Å². The third kappa shape index (κ3) is 4.97. The summed E-state index contributed by atoms with van der Waals surface area (Å²) in [7, 11) is 4.62. The van der Waals surface area contributed by atoms with Crippen molar-refractivity contribution < 1.29 is 23.8 Å². The lowest BCUT2D eigenvalue weighted by Crippen LogP contribution is -2.27. The molecule has 26 heavy (non-hydrogen) atoms. The number of benzene rings is 2. The fourth-order valence-electron chi connectivity index (χ4n) is 2.29.